The van der Waals surface area contributed by atoms with E-state index in [4.69, 9.17) is 0 Å². The molecule has 0 amide bonds. The van der Waals surface area contributed by atoms with Crippen LogP contribution in [0.4, 0.5) is 13.2 Å². The Hall–Kier alpha value is -1.51. The van der Waals surface area contributed by atoms with Crippen molar-refractivity contribution >= 4 is 5.57 Å². The SMILES string of the molecule is C=CCC1=CC(C)(C)C(F)(F)c2c(F)cccc21. The summed E-state index contributed by atoms with van der Waals surface area (Å²) in [5.41, 5.74) is -0.899. The Labute approximate surface area is 105 Å². The lowest BCUT2D eigenvalue weighted by atomic mass is 9.72. The third-order valence-electron chi connectivity index (χ3n) is 3.38. The van der Waals surface area contributed by atoms with Gasteiger partial charge in [-0.15, -0.1) is 6.58 Å². The topological polar surface area (TPSA) is 0 Å². The van der Waals surface area contributed by atoms with Crippen LogP contribution in [0, 0.1) is 11.2 Å². The molecular weight excluding hydrogens is 237 g/mol. The summed E-state index contributed by atoms with van der Waals surface area (Å²) in [7, 11) is 0. The van der Waals surface area contributed by atoms with Crippen LogP contribution in [0.1, 0.15) is 31.4 Å². The van der Waals surface area contributed by atoms with Gasteiger partial charge in [0.2, 0.25) is 0 Å². The Morgan fingerprint density at radius 1 is 1.28 bits per heavy atom. The minimum absolute atomic E-state index is 0.291. The number of hydrogen-bond acceptors (Lipinski definition) is 0. The summed E-state index contributed by atoms with van der Waals surface area (Å²) in [6, 6.07) is 4.08. The van der Waals surface area contributed by atoms with Crippen LogP contribution in [0.15, 0.2) is 36.9 Å². The first-order valence-electron chi connectivity index (χ1n) is 5.81. The molecule has 0 aliphatic heterocycles. The first kappa shape index (κ1) is 12.9. The fraction of sp³-hybridized carbons (Fsp3) is 0.333. The first-order chi connectivity index (χ1) is 8.31. The van der Waals surface area contributed by atoms with Gasteiger partial charge in [0, 0.05) is 0 Å². The van der Waals surface area contributed by atoms with Gasteiger partial charge in [-0.3, -0.25) is 0 Å². The zero-order valence-corrected chi connectivity index (χ0v) is 10.4. The van der Waals surface area contributed by atoms with Crippen molar-refractivity contribution in [1.82, 2.24) is 0 Å². The number of halogens is 3. The third kappa shape index (κ3) is 1.69. The predicted molar refractivity (Wildman–Crippen MR) is 66.9 cm³/mol. The summed E-state index contributed by atoms with van der Waals surface area (Å²) in [5, 5.41) is 0. The standard InChI is InChI=1S/C15H15F3/c1-4-6-10-9-14(2,3)15(17,18)13-11(10)7-5-8-12(13)16/h4-5,7-9H,1,6H2,2-3H3. The second-order valence-electron chi connectivity index (χ2n) is 5.12. The van der Waals surface area contributed by atoms with E-state index in [1.807, 2.05) is 0 Å². The third-order valence-corrected chi connectivity index (χ3v) is 3.38. The Bertz CT molecular complexity index is 525. The van der Waals surface area contributed by atoms with E-state index in [0.717, 1.165) is 6.07 Å². The van der Waals surface area contributed by atoms with Crippen LogP contribution in [0.25, 0.3) is 5.57 Å². The molecule has 0 radical (unpaired) electrons. The van der Waals surface area contributed by atoms with Gasteiger partial charge < -0.3 is 0 Å². The van der Waals surface area contributed by atoms with Crippen molar-refractivity contribution in [3.63, 3.8) is 0 Å². The molecule has 0 atom stereocenters. The van der Waals surface area contributed by atoms with Crippen molar-refractivity contribution in [3.8, 4) is 0 Å². The molecule has 0 fully saturated rings. The summed E-state index contributed by atoms with van der Waals surface area (Å²) in [5.74, 6) is -4.06. The highest BCUT2D eigenvalue weighted by molar-refractivity contribution is 5.73. The van der Waals surface area contributed by atoms with Crippen LogP contribution in [-0.4, -0.2) is 0 Å². The summed E-state index contributed by atoms with van der Waals surface area (Å²) < 4.78 is 42.5. The molecule has 1 aromatic rings. The van der Waals surface area contributed by atoms with Crippen LogP contribution >= 0.6 is 0 Å². The molecule has 3 heteroatoms. The van der Waals surface area contributed by atoms with E-state index in [1.165, 1.54) is 32.1 Å². The molecule has 0 unspecified atom stereocenters. The van der Waals surface area contributed by atoms with Crippen molar-refractivity contribution in [1.29, 1.82) is 0 Å². The molecule has 2 rings (SSSR count). The first-order valence-corrected chi connectivity index (χ1v) is 5.81. The summed E-state index contributed by atoms with van der Waals surface area (Å²) >= 11 is 0. The highest BCUT2D eigenvalue weighted by Crippen LogP contribution is 2.53. The lowest BCUT2D eigenvalue weighted by Crippen LogP contribution is -2.37. The van der Waals surface area contributed by atoms with Crippen LogP contribution in [-0.2, 0) is 5.92 Å². The van der Waals surface area contributed by atoms with E-state index in [-0.39, 0.29) is 0 Å². The van der Waals surface area contributed by atoms with Crippen LogP contribution in [0.2, 0.25) is 0 Å². The lowest BCUT2D eigenvalue weighted by molar-refractivity contribution is -0.0937. The summed E-state index contributed by atoms with van der Waals surface area (Å²) in [6.45, 7) is 6.46. The molecular formula is C15H15F3. The molecule has 0 N–H and O–H groups in total. The minimum Gasteiger partial charge on any atom is -0.206 e. The van der Waals surface area contributed by atoms with Gasteiger partial charge in [0.15, 0.2) is 0 Å². The zero-order valence-electron chi connectivity index (χ0n) is 10.4. The highest BCUT2D eigenvalue weighted by Gasteiger charge is 2.52. The van der Waals surface area contributed by atoms with Crippen LogP contribution in [0.5, 0.6) is 0 Å². The highest BCUT2D eigenvalue weighted by atomic mass is 19.3. The molecule has 0 spiro atoms. The fourth-order valence-corrected chi connectivity index (χ4v) is 2.36. The molecule has 1 aliphatic carbocycles. The van der Waals surface area contributed by atoms with Crippen molar-refractivity contribution in [2.45, 2.75) is 26.2 Å². The predicted octanol–water partition coefficient (Wildman–Crippen LogP) is 4.92. The average Bonchev–Trinajstić information content (AvgIpc) is 2.25. The van der Waals surface area contributed by atoms with Gasteiger partial charge in [-0.1, -0.05) is 38.1 Å². The lowest BCUT2D eigenvalue weighted by Gasteiger charge is -2.38. The monoisotopic (exact) mass is 252 g/mol. The Kier molecular flexibility index (Phi) is 2.88. The van der Waals surface area contributed by atoms with Gasteiger partial charge in [-0.05, 0) is 23.6 Å². The van der Waals surface area contributed by atoms with Gasteiger partial charge in [-0.25, -0.2) is 13.2 Å². The molecule has 0 bridgehead atoms. The largest absolute Gasteiger partial charge is 0.285 e. The second kappa shape index (κ2) is 4.01. The van der Waals surface area contributed by atoms with Crippen LogP contribution in [0.3, 0.4) is 0 Å². The number of allylic oxidation sites excluding steroid dienone is 3. The van der Waals surface area contributed by atoms with E-state index >= 15 is 0 Å². The maximum atomic E-state index is 14.3. The van der Waals surface area contributed by atoms with E-state index in [9.17, 15) is 13.2 Å². The smallest absolute Gasteiger partial charge is 0.206 e. The maximum absolute atomic E-state index is 14.3. The van der Waals surface area contributed by atoms with Crippen molar-refractivity contribution in [3.05, 3.63) is 53.9 Å². The molecule has 0 saturated carbocycles. The minimum atomic E-state index is -3.21. The van der Waals surface area contributed by atoms with Gasteiger partial charge in [0.05, 0.1) is 11.0 Å². The molecule has 0 nitrogen and oxygen atoms in total. The molecule has 1 aromatic carbocycles. The van der Waals surface area contributed by atoms with Crippen LogP contribution < -0.4 is 0 Å². The number of hydrogen-bond donors (Lipinski definition) is 0. The average molecular weight is 252 g/mol. The molecule has 1 aliphatic rings. The zero-order chi connectivity index (χ0) is 13.6. The Morgan fingerprint density at radius 3 is 2.56 bits per heavy atom. The number of benzene rings is 1. The second-order valence-corrected chi connectivity index (χ2v) is 5.12. The quantitative estimate of drug-likeness (QED) is 0.655. The number of alkyl halides is 2. The Morgan fingerprint density at radius 2 is 1.94 bits per heavy atom. The normalized spacial score (nSPS) is 19.9. The van der Waals surface area contributed by atoms with Crippen molar-refractivity contribution < 1.29 is 13.2 Å². The van der Waals surface area contributed by atoms with E-state index < -0.39 is 22.7 Å². The van der Waals surface area contributed by atoms with E-state index in [1.54, 1.807) is 6.08 Å². The van der Waals surface area contributed by atoms with Gasteiger partial charge in [0.25, 0.3) is 5.92 Å². The number of fused-ring (bicyclic) bond motifs is 1. The molecule has 0 aromatic heterocycles. The van der Waals surface area contributed by atoms with Crippen molar-refractivity contribution in [2.75, 3.05) is 0 Å². The van der Waals surface area contributed by atoms with Gasteiger partial charge >= 0.3 is 0 Å². The maximum Gasteiger partial charge on any atom is 0.285 e. The van der Waals surface area contributed by atoms with E-state index in [2.05, 4.69) is 6.58 Å². The molecule has 0 heterocycles. The fourth-order valence-electron chi connectivity index (χ4n) is 2.36. The van der Waals surface area contributed by atoms with Gasteiger partial charge in [-0.2, -0.15) is 0 Å². The van der Waals surface area contributed by atoms with Gasteiger partial charge in [0.1, 0.15) is 5.82 Å². The molecule has 18 heavy (non-hydrogen) atoms. The summed E-state index contributed by atoms with van der Waals surface area (Å²) in [4.78, 5) is 0. The van der Waals surface area contributed by atoms with E-state index in [0.29, 0.717) is 17.6 Å². The van der Waals surface area contributed by atoms with Crippen molar-refractivity contribution in [2.24, 2.45) is 5.41 Å². The summed E-state index contributed by atoms with van der Waals surface area (Å²) in [6.07, 6.45) is 3.62. The number of rotatable bonds is 2. The Balaban J connectivity index is 2.75. The molecule has 96 valence electrons. The molecule has 0 saturated heterocycles.